The van der Waals surface area contributed by atoms with Gasteiger partial charge in [0.25, 0.3) is 0 Å². The molecule has 0 atom stereocenters. The lowest BCUT2D eigenvalue weighted by Crippen LogP contribution is -2.05. The van der Waals surface area contributed by atoms with Gasteiger partial charge in [-0.3, -0.25) is 0 Å². The van der Waals surface area contributed by atoms with Crippen LogP contribution >= 0.6 is 22.9 Å². The van der Waals surface area contributed by atoms with Crippen LogP contribution in [0.3, 0.4) is 0 Å². The molecule has 0 spiro atoms. The fraction of sp³-hybridized carbons (Fsp3) is 0.214. The van der Waals surface area contributed by atoms with Crippen molar-refractivity contribution >= 4 is 34.6 Å². The predicted octanol–water partition coefficient (Wildman–Crippen LogP) is 4.33. The second-order valence-electron chi connectivity index (χ2n) is 4.30. The Bertz CT molecular complexity index is 602. The molecular weight excluding hydrogens is 282 g/mol. The average molecular weight is 296 g/mol. The molecule has 5 heteroatoms. The molecule has 0 unspecified atom stereocenters. The standard InChI is InChI=1S/C14H14ClNO2S/c1-8-5-11(19-9(8)2)7-16-13-6-10(15)3-4-12(13)14(17)18/h3-6,16H,7H2,1-2H3,(H,17,18). The minimum atomic E-state index is -0.960. The van der Waals surface area contributed by atoms with Crippen molar-refractivity contribution in [1.82, 2.24) is 0 Å². The van der Waals surface area contributed by atoms with Crippen LogP contribution in [-0.2, 0) is 6.54 Å². The molecule has 0 radical (unpaired) electrons. The van der Waals surface area contributed by atoms with Gasteiger partial charge in [0.1, 0.15) is 0 Å². The van der Waals surface area contributed by atoms with E-state index in [2.05, 4.69) is 25.2 Å². The van der Waals surface area contributed by atoms with Crippen LogP contribution in [0.4, 0.5) is 5.69 Å². The van der Waals surface area contributed by atoms with Crippen molar-refractivity contribution in [3.63, 3.8) is 0 Å². The van der Waals surface area contributed by atoms with E-state index in [0.717, 1.165) is 0 Å². The molecule has 0 fully saturated rings. The third-order valence-corrected chi connectivity index (χ3v) is 4.27. The fourth-order valence-corrected chi connectivity index (χ4v) is 2.93. The van der Waals surface area contributed by atoms with Crippen LogP contribution in [0.25, 0.3) is 0 Å². The summed E-state index contributed by atoms with van der Waals surface area (Å²) in [6, 6.07) is 6.84. The van der Waals surface area contributed by atoms with Crippen molar-refractivity contribution in [3.8, 4) is 0 Å². The molecule has 0 aliphatic rings. The molecule has 0 saturated heterocycles. The zero-order valence-electron chi connectivity index (χ0n) is 10.7. The van der Waals surface area contributed by atoms with Crippen LogP contribution in [0.5, 0.6) is 0 Å². The molecule has 1 aromatic carbocycles. The Labute approximate surface area is 120 Å². The van der Waals surface area contributed by atoms with Gasteiger partial charge < -0.3 is 10.4 Å². The molecule has 1 aromatic heterocycles. The number of carboxylic acid groups (broad SMARTS) is 1. The summed E-state index contributed by atoms with van der Waals surface area (Å²) in [5.41, 5.74) is 2.03. The minimum Gasteiger partial charge on any atom is -0.478 e. The average Bonchev–Trinajstić information content (AvgIpc) is 2.66. The number of rotatable bonds is 4. The smallest absolute Gasteiger partial charge is 0.337 e. The Hall–Kier alpha value is -1.52. The lowest BCUT2D eigenvalue weighted by molar-refractivity contribution is 0.0698. The van der Waals surface area contributed by atoms with E-state index < -0.39 is 5.97 Å². The molecule has 2 N–H and O–H groups in total. The summed E-state index contributed by atoms with van der Waals surface area (Å²) in [5.74, 6) is -0.960. The highest BCUT2D eigenvalue weighted by Crippen LogP contribution is 2.24. The van der Waals surface area contributed by atoms with Crippen molar-refractivity contribution in [1.29, 1.82) is 0 Å². The molecule has 3 nitrogen and oxygen atoms in total. The summed E-state index contributed by atoms with van der Waals surface area (Å²) in [5, 5.41) is 12.8. The zero-order chi connectivity index (χ0) is 14.0. The molecule has 0 bridgehead atoms. The second kappa shape index (κ2) is 5.63. The van der Waals surface area contributed by atoms with Gasteiger partial charge in [-0.15, -0.1) is 11.3 Å². The van der Waals surface area contributed by atoms with Gasteiger partial charge in [0.05, 0.1) is 11.3 Å². The lowest BCUT2D eigenvalue weighted by Gasteiger charge is -2.09. The number of carboxylic acids is 1. The van der Waals surface area contributed by atoms with Crippen molar-refractivity contribution in [2.45, 2.75) is 20.4 Å². The Kier molecular flexibility index (Phi) is 4.12. The normalized spacial score (nSPS) is 10.5. The number of carbonyl (C=O) groups is 1. The molecule has 0 aliphatic carbocycles. The summed E-state index contributed by atoms with van der Waals surface area (Å²) in [6.07, 6.45) is 0. The Morgan fingerprint density at radius 1 is 1.37 bits per heavy atom. The maximum absolute atomic E-state index is 11.1. The van der Waals surface area contributed by atoms with E-state index in [9.17, 15) is 4.79 Å². The van der Waals surface area contributed by atoms with E-state index >= 15 is 0 Å². The number of anilines is 1. The molecule has 1 heterocycles. The van der Waals surface area contributed by atoms with Gasteiger partial charge >= 0.3 is 5.97 Å². The third-order valence-electron chi connectivity index (χ3n) is 2.88. The van der Waals surface area contributed by atoms with Gasteiger partial charge in [0.2, 0.25) is 0 Å². The van der Waals surface area contributed by atoms with Crippen LogP contribution in [-0.4, -0.2) is 11.1 Å². The Balaban J connectivity index is 2.19. The number of hydrogen-bond donors (Lipinski definition) is 2. The van der Waals surface area contributed by atoms with Gasteiger partial charge in [-0.05, 0) is 43.7 Å². The number of thiophene rings is 1. The van der Waals surface area contributed by atoms with Crippen molar-refractivity contribution < 1.29 is 9.90 Å². The molecule has 0 aliphatic heterocycles. The summed E-state index contributed by atoms with van der Waals surface area (Å²) in [7, 11) is 0. The molecule has 100 valence electrons. The van der Waals surface area contributed by atoms with Gasteiger partial charge in [0.15, 0.2) is 0 Å². The second-order valence-corrected chi connectivity index (χ2v) is 6.08. The van der Waals surface area contributed by atoms with Crippen LogP contribution in [0.15, 0.2) is 24.3 Å². The van der Waals surface area contributed by atoms with E-state index in [4.69, 9.17) is 16.7 Å². The van der Waals surface area contributed by atoms with Crippen molar-refractivity contribution in [3.05, 3.63) is 50.2 Å². The third kappa shape index (κ3) is 3.28. The Morgan fingerprint density at radius 2 is 2.11 bits per heavy atom. The fourth-order valence-electron chi connectivity index (χ4n) is 1.77. The van der Waals surface area contributed by atoms with E-state index in [1.165, 1.54) is 21.4 Å². The largest absolute Gasteiger partial charge is 0.478 e. The van der Waals surface area contributed by atoms with Gasteiger partial charge in [-0.1, -0.05) is 11.6 Å². The van der Waals surface area contributed by atoms with Crippen molar-refractivity contribution in [2.75, 3.05) is 5.32 Å². The molecular formula is C14H14ClNO2S. The highest BCUT2D eigenvalue weighted by Gasteiger charge is 2.10. The van der Waals surface area contributed by atoms with E-state index in [1.807, 2.05) is 0 Å². The summed E-state index contributed by atoms with van der Waals surface area (Å²) >= 11 is 7.61. The number of nitrogens with one attached hydrogen (secondary N) is 1. The SMILES string of the molecule is Cc1cc(CNc2cc(Cl)ccc2C(=O)O)sc1C. The monoisotopic (exact) mass is 295 g/mol. The first-order valence-electron chi connectivity index (χ1n) is 5.80. The van der Waals surface area contributed by atoms with Crippen molar-refractivity contribution in [2.24, 2.45) is 0 Å². The molecule has 2 rings (SSSR count). The first kappa shape index (κ1) is 13.9. The van der Waals surface area contributed by atoms with Crippen LogP contribution in [0, 0.1) is 13.8 Å². The first-order chi connectivity index (χ1) is 8.97. The molecule has 2 aromatic rings. The quantitative estimate of drug-likeness (QED) is 0.882. The molecule has 0 amide bonds. The first-order valence-corrected chi connectivity index (χ1v) is 6.99. The molecule has 0 saturated carbocycles. The number of halogens is 1. The van der Waals surface area contributed by atoms with E-state index in [0.29, 0.717) is 17.3 Å². The summed E-state index contributed by atoms with van der Waals surface area (Å²) < 4.78 is 0. The molecule has 19 heavy (non-hydrogen) atoms. The van der Waals surface area contributed by atoms with Crippen LogP contribution in [0.2, 0.25) is 5.02 Å². The zero-order valence-corrected chi connectivity index (χ0v) is 12.2. The highest BCUT2D eigenvalue weighted by atomic mass is 35.5. The number of hydrogen-bond acceptors (Lipinski definition) is 3. The maximum Gasteiger partial charge on any atom is 0.337 e. The summed E-state index contributed by atoms with van der Waals surface area (Å²) in [4.78, 5) is 13.6. The number of benzene rings is 1. The van der Waals surface area contributed by atoms with E-state index in [-0.39, 0.29) is 5.56 Å². The predicted molar refractivity (Wildman–Crippen MR) is 79.5 cm³/mol. The highest BCUT2D eigenvalue weighted by molar-refractivity contribution is 7.12. The van der Waals surface area contributed by atoms with Gasteiger partial charge in [-0.2, -0.15) is 0 Å². The number of aryl methyl sites for hydroxylation is 2. The number of aromatic carboxylic acids is 1. The lowest BCUT2D eigenvalue weighted by atomic mass is 10.2. The van der Waals surface area contributed by atoms with Crippen LogP contribution < -0.4 is 5.32 Å². The van der Waals surface area contributed by atoms with Crippen LogP contribution in [0.1, 0.15) is 25.7 Å². The minimum absolute atomic E-state index is 0.231. The topological polar surface area (TPSA) is 49.3 Å². The Morgan fingerprint density at radius 3 is 2.68 bits per heavy atom. The van der Waals surface area contributed by atoms with E-state index in [1.54, 1.807) is 23.5 Å². The van der Waals surface area contributed by atoms with Gasteiger partial charge in [-0.25, -0.2) is 4.79 Å². The summed E-state index contributed by atoms with van der Waals surface area (Å²) in [6.45, 7) is 4.74. The maximum atomic E-state index is 11.1. The van der Waals surface area contributed by atoms with Gasteiger partial charge in [0, 0.05) is 21.3 Å².